The van der Waals surface area contributed by atoms with Crippen LogP contribution in [-0.4, -0.2) is 52.2 Å². The normalized spacial score (nSPS) is 16.6. The van der Waals surface area contributed by atoms with Crippen molar-refractivity contribution in [2.75, 3.05) is 25.0 Å². The number of amides is 1. The molecule has 1 aliphatic carbocycles. The molecule has 1 fully saturated rings. The molecule has 1 aliphatic heterocycles. The molecule has 26 heavy (non-hydrogen) atoms. The van der Waals surface area contributed by atoms with Gasteiger partial charge in [-0.25, -0.2) is 4.98 Å². The Morgan fingerprint density at radius 2 is 2.08 bits per heavy atom. The number of likely N-dealkylation sites (N-methyl/N-ethyl adjacent to an activating group) is 1. The van der Waals surface area contributed by atoms with Gasteiger partial charge in [-0.2, -0.15) is 5.10 Å². The molecule has 2 aromatic heterocycles. The zero-order valence-corrected chi connectivity index (χ0v) is 15.4. The molecule has 3 heterocycles. The van der Waals surface area contributed by atoms with Gasteiger partial charge in [0, 0.05) is 20.1 Å². The highest BCUT2D eigenvalue weighted by Gasteiger charge is 2.35. The fourth-order valence-electron chi connectivity index (χ4n) is 3.64. The first-order chi connectivity index (χ1) is 12.7. The Morgan fingerprint density at radius 3 is 2.92 bits per heavy atom. The van der Waals surface area contributed by atoms with E-state index in [-0.39, 0.29) is 11.9 Å². The van der Waals surface area contributed by atoms with Crippen LogP contribution in [0.1, 0.15) is 27.5 Å². The van der Waals surface area contributed by atoms with E-state index >= 15 is 0 Å². The highest BCUT2D eigenvalue weighted by Crippen LogP contribution is 2.28. The van der Waals surface area contributed by atoms with Gasteiger partial charge in [-0.05, 0) is 43.0 Å². The second-order valence-corrected chi connectivity index (χ2v) is 8.02. The van der Waals surface area contributed by atoms with E-state index in [0.717, 1.165) is 47.7 Å². The van der Waals surface area contributed by atoms with Gasteiger partial charge < -0.3 is 9.80 Å². The van der Waals surface area contributed by atoms with Crippen molar-refractivity contribution in [3.8, 4) is 0 Å². The first kappa shape index (κ1) is 15.7. The summed E-state index contributed by atoms with van der Waals surface area (Å²) in [5.74, 6) is 0.929. The van der Waals surface area contributed by atoms with Crippen molar-refractivity contribution in [3.63, 3.8) is 0 Å². The van der Waals surface area contributed by atoms with Crippen LogP contribution in [0.15, 0.2) is 30.3 Å². The number of nitrogens with zero attached hydrogens (tertiary/aromatic N) is 5. The molecular formula is C19H19N5OS. The minimum Gasteiger partial charge on any atom is -0.351 e. The molecule has 7 heteroatoms. The molecule has 1 aromatic carbocycles. The van der Waals surface area contributed by atoms with Crippen molar-refractivity contribution in [3.05, 3.63) is 46.6 Å². The number of benzene rings is 1. The quantitative estimate of drug-likeness (QED) is 0.714. The second kappa shape index (κ2) is 6.02. The minimum atomic E-state index is -0.00381. The SMILES string of the molecule is CN(C(=O)c1nc2ccccc2s1)C1CN(c2cc3c(nn2)CCC3)C1. The number of rotatable bonds is 3. The van der Waals surface area contributed by atoms with Crippen molar-refractivity contribution in [2.45, 2.75) is 25.3 Å². The first-order valence-electron chi connectivity index (χ1n) is 8.92. The third-order valence-electron chi connectivity index (χ3n) is 5.34. The topological polar surface area (TPSA) is 62.2 Å². The van der Waals surface area contributed by atoms with Crippen molar-refractivity contribution < 1.29 is 4.79 Å². The molecule has 1 amide bonds. The summed E-state index contributed by atoms with van der Waals surface area (Å²) in [4.78, 5) is 21.3. The summed E-state index contributed by atoms with van der Waals surface area (Å²) in [6.45, 7) is 1.58. The lowest BCUT2D eigenvalue weighted by Crippen LogP contribution is -2.60. The predicted molar refractivity (Wildman–Crippen MR) is 102 cm³/mol. The lowest BCUT2D eigenvalue weighted by molar-refractivity contribution is 0.0705. The number of aromatic nitrogens is 3. The largest absolute Gasteiger partial charge is 0.351 e. The molecule has 0 bridgehead atoms. The van der Waals surface area contributed by atoms with E-state index in [4.69, 9.17) is 0 Å². The third kappa shape index (κ3) is 2.54. The van der Waals surface area contributed by atoms with E-state index in [9.17, 15) is 4.79 Å². The molecule has 0 radical (unpaired) electrons. The van der Waals surface area contributed by atoms with Crippen molar-refractivity contribution >= 4 is 33.3 Å². The van der Waals surface area contributed by atoms with Crippen LogP contribution in [0.4, 0.5) is 5.82 Å². The molecule has 0 atom stereocenters. The fourth-order valence-corrected chi connectivity index (χ4v) is 4.59. The van der Waals surface area contributed by atoms with Crippen LogP contribution >= 0.6 is 11.3 Å². The van der Waals surface area contributed by atoms with Gasteiger partial charge in [0.25, 0.3) is 5.91 Å². The van der Waals surface area contributed by atoms with Crippen LogP contribution < -0.4 is 4.90 Å². The Hall–Kier alpha value is -2.54. The smallest absolute Gasteiger partial charge is 0.282 e. The molecule has 1 saturated heterocycles. The van der Waals surface area contributed by atoms with Crippen molar-refractivity contribution in [1.29, 1.82) is 0 Å². The first-order valence-corrected chi connectivity index (χ1v) is 9.74. The summed E-state index contributed by atoms with van der Waals surface area (Å²) in [7, 11) is 1.87. The molecule has 0 N–H and O–H groups in total. The molecule has 0 saturated carbocycles. The van der Waals surface area contributed by atoms with Crippen molar-refractivity contribution in [1.82, 2.24) is 20.1 Å². The summed E-state index contributed by atoms with van der Waals surface area (Å²) < 4.78 is 1.05. The molecule has 6 nitrogen and oxygen atoms in total. The van der Waals surface area contributed by atoms with E-state index in [2.05, 4.69) is 26.1 Å². The van der Waals surface area contributed by atoms with Gasteiger partial charge in [-0.3, -0.25) is 4.79 Å². The number of thiazole rings is 1. The lowest BCUT2D eigenvalue weighted by atomic mass is 10.1. The number of carbonyl (C=O) groups is 1. The van der Waals surface area contributed by atoms with Gasteiger partial charge in [0.15, 0.2) is 10.8 Å². The minimum absolute atomic E-state index is 0.00381. The van der Waals surface area contributed by atoms with E-state index in [1.54, 1.807) is 0 Å². The standard InChI is InChI=1S/C19H19N5OS/c1-23(19(25)18-20-15-6-2-3-8-16(15)26-18)13-10-24(11-13)17-9-12-5-4-7-14(12)21-22-17/h2-3,6,8-9,13H,4-5,7,10-11H2,1H3. The van der Waals surface area contributed by atoms with Gasteiger partial charge in [-0.1, -0.05) is 12.1 Å². The maximum Gasteiger partial charge on any atom is 0.282 e. The molecule has 132 valence electrons. The fraction of sp³-hybridized carbons (Fsp3) is 0.368. The van der Waals surface area contributed by atoms with E-state index in [0.29, 0.717) is 5.01 Å². The van der Waals surface area contributed by atoms with E-state index < -0.39 is 0 Å². The second-order valence-electron chi connectivity index (χ2n) is 6.99. The maximum atomic E-state index is 12.8. The van der Waals surface area contributed by atoms with Crippen LogP contribution in [0.25, 0.3) is 10.2 Å². The number of anilines is 1. The summed E-state index contributed by atoms with van der Waals surface area (Å²) in [5, 5.41) is 9.28. The molecule has 5 rings (SSSR count). The monoisotopic (exact) mass is 365 g/mol. The number of para-hydroxylation sites is 1. The molecular weight excluding hydrogens is 346 g/mol. The van der Waals surface area contributed by atoms with Crippen LogP contribution in [0.3, 0.4) is 0 Å². The Morgan fingerprint density at radius 1 is 1.23 bits per heavy atom. The number of hydrogen-bond donors (Lipinski definition) is 0. The summed E-state index contributed by atoms with van der Waals surface area (Å²) in [5.41, 5.74) is 3.37. The summed E-state index contributed by atoms with van der Waals surface area (Å²) >= 11 is 1.46. The van der Waals surface area contributed by atoms with E-state index in [1.807, 2.05) is 36.2 Å². The Balaban J connectivity index is 1.27. The lowest BCUT2D eigenvalue weighted by Gasteiger charge is -2.44. The zero-order valence-electron chi connectivity index (χ0n) is 14.6. The summed E-state index contributed by atoms with van der Waals surface area (Å²) in [6.07, 6.45) is 3.32. The highest BCUT2D eigenvalue weighted by atomic mass is 32.1. The molecule has 2 aliphatic rings. The van der Waals surface area contributed by atoms with Gasteiger partial charge >= 0.3 is 0 Å². The van der Waals surface area contributed by atoms with Gasteiger partial charge in [-0.15, -0.1) is 16.4 Å². The van der Waals surface area contributed by atoms with Crippen LogP contribution in [0, 0.1) is 0 Å². The van der Waals surface area contributed by atoms with Crippen molar-refractivity contribution in [2.24, 2.45) is 0 Å². The number of carbonyl (C=O) groups excluding carboxylic acids is 1. The average Bonchev–Trinajstić information content (AvgIpc) is 3.25. The van der Waals surface area contributed by atoms with Gasteiger partial charge in [0.1, 0.15) is 0 Å². The summed E-state index contributed by atoms with van der Waals surface area (Å²) in [6, 6.07) is 10.2. The zero-order chi connectivity index (χ0) is 17.7. The predicted octanol–water partition coefficient (Wildman–Crippen LogP) is 2.54. The molecule has 3 aromatic rings. The molecule has 0 spiro atoms. The van der Waals surface area contributed by atoms with Crippen LogP contribution in [0.2, 0.25) is 0 Å². The average molecular weight is 365 g/mol. The highest BCUT2D eigenvalue weighted by molar-refractivity contribution is 7.20. The molecule has 0 unspecified atom stereocenters. The number of hydrogen-bond acceptors (Lipinski definition) is 6. The Kier molecular flexibility index (Phi) is 3.63. The number of aryl methyl sites for hydroxylation is 2. The van der Waals surface area contributed by atoms with Crippen LogP contribution in [0.5, 0.6) is 0 Å². The third-order valence-corrected chi connectivity index (χ3v) is 6.36. The Bertz CT molecular complexity index is 962. The van der Waals surface area contributed by atoms with Gasteiger partial charge in [0.05, 0.1) is 22.0 Å². The van der Waals surface area contributed by atoms with E-state index in [1.165, 1.54) is 23.3 Å². The Labute approximate surface area is 155 Å². The van der Waals surface area contributed by atoms with Crippen LogP contribution in [-0.2, 0) is 12.8 Å². The maximum absolute atomic E-state index is 12.8. The number of fused-ring (bicyclic) bond motifs is 2. The van der Waals surface area contributed by atoms with Gasteiger partial charge in [0.2, 0.25) is 0 Å².